The molecule has 0 radical (unpaired) electrons. The Morgan fingerprint density at radius 2 is 1.95 bits per heavy atom. The zero-order chi connectivity index (χ0) is 15.2. The molecule has 0 atom stereocenters. The molecule has 20 heavy (non-hydrogen) atoms. The number of carbonyl (C=O) groups is 1. The Kier molecular flexibility index (Phi) is 6.05. The first-order chi connectivity index (χ1) is 9.36. The van der Waals surface area contributed by atoms with E-state index in [1.165, 1.54) is 12.8 Å². The average molecular weight is 278 g/mol. The van der Waals surface area contributed by atoms with E-state index in [9.17, 15) is 9.90 Å². The maximum Gasteiger partial charge on any atom is 0.303 e. The molecule has 1 aromatic rings. The standard InChI is InChI=1S/C17H26O3/c1-4-5-6-11-17(2,3)14-12-13(7-9-15(14)18)8-10-16(19)20/h7,9,12,18H,4-6,8,10-11H2,1-3H3,(H,19,20). The largest absolute Gasteiger partial charge is 0.508 e. The van der Waals surface area contributed by atoms with Crippen molar-refractivity contribution in [3.05, 3.63) is 29.3 Å². The molecule has 0 aliphatic heterocycles. The van der Waals surface area contributed by atoms with Crippen LogP contribution >= 0.6 is 0 Å². The Hall–Kier alpha value is -1.51. The van der Waals surface area contributed by atoms with Crippen molar-refractivity contribution in [2.24, 2.45) is 0 Å². The number of benzene rings is 1. The smallest absolute Gasteiger partial charge is 0.303 e. The van der Waals surface area contributed by atoms with E-state index in [0.29, 0.717) is 12.2 Å². The van der Waals surface area contributed by atoms with Crippen LogP contribution in [0.2, 0.25) is 0 Å². The number of phenols is 1. The molecular weight excluding hydrogens is 252 g/mol. The number of rotatable bonds is 8. The van der Waals surface area contributed by atoms with Gasteiger partial charge < -0.3 is 10.2 Å². The van der Waals surface area contributed by atoms with E-state index in [-0.39, 0.29) is 11.8 Å². The minimum Gasteiger partial charge on any atom is -0.508 e. The Morgan fingerprint density at radius 1 is 1.25 bits per heavy atom. The van der Waals surface area contributed by atoms with Crippen LogP contribution < -0.4 is 0 Å². The van der Waals surface area contributed by atoms with Gasteiger partial charge in [0.05, 0.1) is 0 Å². The molecule has 3 nitrogen and oxygen atoms in total. The molecule has 0 aliphatic rings. The van der Waals surface area contributed by atoms with Gasteiger partial charge >= 0.3 is 5.97 Å². The second-order valence-electron chi connectivity index (χ2n) is 6.09. The number of unbranched alkanes of at least 4 members (excludes halogenated alkanes) is 2. The zero-order valence-electron chi connectivity index (χ0n) is 12.8. The van der Waals surface area contributed by atoms with Crippen molar-refractivity contribution in [1.29, 1.82) is 0 Å². The molecule has 0 aliphatic carbocycles. The van der Waals surface area contributed by atoms with Gasteiger partial charge in [-0.3, -0.25) is 4.79 Å². The lowest BCUT2D eigenvalue weighted by Crippen LogP contribution is -2.17. The molecule has 0 unspecified atom stereocenters. The van der Waals surface area contributed by atoms with Crippen LogP contribution in [0.25, 0.3) is 0 Å². The summed E-state index contributed by atoms with van der Waals surface area (Å²) in [6, 6.07) is 5.46. The molecule has 2 N–H and O–H groups in total. The Morgan fingerprint density at radius 3 is 2.55 bits per heavy atom. The summed E-state index contributed by atoms with van der Waals surface area (Å²) in [5.74, 6) is -0.479. The fraction of sp³-hybridized carbons (Fsp3) is 0.588. The number of hydrogen-bond donors (Lipinski definition) is 2. The minimum absolute atomic E-state index is 0.0848. The predicted octanol–water partition coefficient (Wildman–Crippen LogP) is 4.27. The van der Waals surface area contributed by atoms with Crippen LogP contribution in [-0.4, -0.2) is 16.2 Å². The summed E-state index contributed by atoms with van der Waals surface area (Å²) in [6.45, 7) is 6.45. The van der Waals surface area contributed by atoms with Crippen molar-refractivity contribution in [3.63, 3.8) is 0 Å². The number of aromatic hydroxyl groups is 1. The molecule has 0 amide bonds. The fourth-order valence-corrected chi connectivity index (χ4v) is 2.48. The first-order valence-corrected chi connectivity index (χ1v) is 7.41. The van der Waals surface area contributed by atoms with E-state index in [1.807, 2.05) is 12.1 Å². The van der Waals surface area contributed by atoms with E-state index in [0.717, 1.165) is 24.0 Å². The summed E-state index contributed by atoms with van der Waals surface area (Å²) in [6.07, 6.45) is 5.18. The maximum atomic E-state index is 10.6. The van der Waals surface area contributed by atoms with Crippen molar-refractivity contribution in [1.82, 2.24) is 0 Å². The van der Waals surface area contributed by atoms with Gasteiger partial charge in [0.15, 0.2) is 0 Å². The van der Waals surface area contributed by atoms with E-state index >= 15 is 0 Å². The summed E-state index contributed by atoms with van der Waals surface area (Å²) in [7, 11) is 0. The lowest BCUT2D eigenvalue weighted by molar-refractivity contribution is -0.136. The van der Waals surface area contributed by atoms with Crippen molar-refractivity contribution in [2.45, 2.75) is 64.7 Å². The van der Waals surface area contributed by atoms with Gasteiger partial charge in [-0.25, -0.2) is 0 Å². The second-order valence-corrected chi connectivity index (χ2v) is 6.09. The summed E-state index contributed by atoms with van der Waals surface area (Å²) < 4.78 is 0. The third-order valence-electron chi connectivity index (χ3n) is 3.82. The number of carboxylic acids is 1. The first kappa shape index (κ1) is 16.5. The van der Waals surface area contributed by atoms with Gasteiger partial charge in [0, 0.05) is 6.42 Å². The fourth-order valence-electron chi connectivity index (χ4n) is 2.48. The number of aryl methyl sites for hydroxylation is 1. The molecule has 0 aromatic heterocycles. The molecule has 0 saturated heterocycles. The van der Waals surface area contributed by atoms with Crippen LogP contribution in [0.4, 0.5) is 0 Å². The quantitative estimate of drug-likeness (QED) is 0.698. The zero-order valence-corrected chi connectivity index (χ0v) is 12.8. The highest BCUT2D eigenvalue weighted by Crippen LogP contribution is 2.36. The van der Waals surface area contributed by atoms with Crippen LogP contribution in [0.15, 0.2) is 18.2 Å². The molecule has 1 aromatic carbocycles. The molecule has 0 heterocycles. The van der Waals surface area contributed by atoms with E-state index in [1.54, 1.807) is 6.07 Å². The SMILES string of the molecule is CCCCCC(C)(C)c1cc(CCC(=O)O)ccc1O. The summed E-state index contributed by atoms with van der Waals surface area (Å²) >= 11 is 0. The molecular formula is C17H26O3. The van der Waals surface area contributed by atoms with Crippen molar-refractivity contribution < 1.29 is 15.0 Å². The van der Waals surface area contributed by atoms with Gasteiger partial charge in [-0.2, -0.15) is 0 Å². The summed E-state index contributed by atoms with van der Waals surface area (Å²) in [4.78, 5) is 10.6. The Balaban J connectivity index is 2.86. The average Bonchev–Trinajstić information content (AvgIpc) is 2.37. The minimum atomic E-state index is -0.790. The van der Waals surface area contributed by atoms with E-state index in [4.69, 9.17) is 5.11 Å². The number of phenolic OH excluding ortho intramolecular Hbond substituents is 1. The summed E-state index contributed by atoms with van der Waals surface area (Å²) in [5.41, 5.74) is 1.82. The van der Waals surface area contributed by atoms with Crippen molar-refractivity contribution in [3.8, 4) is 5.75 Å². The number of carboxylic acid groups (broad SMARTS) is 1. The third-order valence-corrected chi connectivity index (χ3v) is 3.82. The predicted molar refractivity (Wildman–Crippen MR) is 81.2 cm³/mol. The second kappa shape index (κ2) is 7.32. The highest BCUT2D eigenvalue weighted by molar-refractivity contribution is 5.67. The van der Waals surface area contributed by atoms with E-state index < -0.39 is 5.97 Å². The Labute approximate surface area is 121 Å². The number of aliphatic carboxylic acids is 1. The van der Waals surface area contributed by atoms with Crippen molar-refractivity contribution >= 4 is 5.97 Å². The molecule has 0 saturated carbocycles. The van der Waals surface area contributed by atoms with Crippen LogP contribution in [0, 0.1) is 0 Å². The lowest BCUT2D eigenvalue weighted by atomic mass is 9.78. The monoisotopic (exact) mass is 278 g/mol. The normalized spacial score (nSPS) is 11.6. The lowest BCUT2D eigenvalue weighted by Gasteiger charge is -2.26. The maximum absolute atomic E-state index is 10.6. The van der Waals surface area contributed by atoms with Gasteiger partial charge in [0.25, 0.3) is 0 Å². The molecule has 1 rings (SSSR count). The van der Waals surface area contributed by atoms with E-state index in [2.05, 4.69) is 20.8 Å². The van der Waals surface area contributed by atoms with Crippen LogP contribution in [-0.2, 0) is 16.6 Å². The number of hydrogen-bond acceptors (Lipinski definition) is 2. The van der Waals surface area contributed by atoms with Crippen molar-refractivity contribution in [2.75, 3.05) is 0 Å². The molecule has 0 fully saturated rings. The molecule has 0 spiro atoms. The highest BCUT2D eigenvalue weighted by Gasteiger charge is 2.23. The Bertz CT molecular complexity index is 450. The highest BCUT2D eigenvalue weighted by atomic mass is 16.4. The molecule has 3 heteroatoms. The van der Waals surface area contributed by atoms with Gasteiger partial charge in [-0.05, 0) is 35.4 Å². The molecule has 112 valence electrons. The van der Waals surface area contributed by atoms with Crippen LogP contribution in [0.5, 0.6) is 5.75 Å². The first-order valence-electron chi connectivity index (χ1n) is 7.41. The van der Waals surface area contributed by atoms with Gasteiger partial charge in [-0.15, -0.1) is 0 Å². The van der Waals surface area contributed by atoms with Gasteiger partial charge in [0.2, 0.25) is 0 Å². The third kappa shape index (κ3) is 4.87. The topological polar surface area (TPSA) is 57.5 Å². The summed E-state index contributed by atoms with van der Waals surface area (Å²) in [5, 5.41) is 18.8. The van der Waals surface area contributed by atoms with Gasteiger partial charge in [0.1, 0.15) is 5.75 Å². The van der Waals surface area contributed by atoms with Gasteiger partial charge in [-0.1, -0.05) is 52.2 Å². The molecule has 0 bridgehead atoms. The van der Waals surface area contributed by atoms with Crippen LogP contribution in [0.1, 0.15) is 64.0 Å². The van der Waals surface area contributed by atoms with Crippen LogP contribution in [0.3, 0.4) is 0 Å².